The van der Waals surface area contributed by atoms with Crippen molar-refractivity contribution in [1.82, 2.24) is 14.8 Å². The zero-order valence-corrected chi connectivity index (χ0v) is 18.5. The van der Waals surface area contributed by atoms with Gasteiger partial charge in [-0.3, -0.25) is 9.59 Å². The number of anilines is 2. The Morgan fingerprint density at radius 1 is 1.00 bits per heavy atom. The van der Waals surface area contributed by atoms with Gasteiger partial charge in [0.1, 0.15) is 12.4 Å². The van der Waals surface area contributed by atoms with Crippen LogP contribution in [0.1, 0.15) is 25.2 Å². The van der Waals surface area contributed by atoms with Gasteiger partial charge in [-0.1, -0.05) is 29.5 Å². The van der Waals surface area contributed by atoms with Crippen LogP contribution >= 0.6 is 11.8 Å². The predicted octanol–water partition coefficient (Wildman–Crippen LogP) is 3.87. The fourth-order valence-electron chi connectivity index (χ4n) is 2.80. The molecular formula is C22H25N5O3S. The maximum Gasteiger partial charge on any atom is 0.234 e. The van der Waals surface area contributed by atoms with Gasteiger partial charge in [0.05, 0.1) is 5.75 Å². The highest BCUT2D eigenvalue weighted by atomic mass is 32.2. The maximum absolute atomic E-state index is 12.3. The molecule has 3 rings (SSSR count). The zero-order valence-electron chi connectivity index (χ0n) is 17.7. The molecule has 0 fully saturated rings. The number of nitrogens with one attached hydrogen (secondary N) is 2. The molecule has 0 spiro atoms. The standard InChI is InChI=1S/C22H25N5O3S/c1-4-27-20(13-30-19-11-5-15(2)6-12-19)25-26-22(27)31-14-21(29)24-18-9-7-17(8-10-18)23-16(3)28/h5-12H,4,13-14H2,1-3H3,(H,23,28)(H,24,29). The average Bonchev–Trinajstić information content (AvgIpc) is 3.15. The molecule has 0 aliphatic heterocycles. The van der Waals surface area contributed by atoms with Gasteiger partial charge < -0.3 is 19.9 Å². The summed E-state index contributed by atoms with van der Waals surface area (Å²) in [4.78, 5) is 23.4. The number of aryl methyl sites for hydroxylation is 1. The van der Waals surface area contributed by atoms with E-state index in [4.69, 9.17) is 4.74 Å². The van der Waals surface area contributed by atoms with Crippen molar-refractivity contribution < 1.29 is 14.3 Å². The van der Waals surface area contributed by atoms with Crippen LogP contribution < -0.4 is 15.4 Å². The van der Waals surface area contributed by atoms with Crippen LogP contribution in [-0.2, 0) is 22.7 Å². The molecule has 1 aromatic heterocycles. The Hall–Kier alpha value is -3.33. The molecule has 2 N–H and O–H groups in total. The Balaban J connectivity index is 1.53. The van der Waals surface area contributed by atoms with Crippen LogP contribution in [-0.4, -0.2) is 32.3 Å². The number of hydrogen-bond donors (Lipinski definition) is 2. The summed E-state index contributed by atoms with van der Waals surface area (Å²) in [6.45, 7) is 6.45. The van der Waals surface area contributed by atoms with E-state index in [1.807, 2.05) is 42.7 Å². The first-order chi connectivity index (χ1) is 14.9. The van der Waals surface area contributed by atoms with E-state index >= 15 is 0 Å². The van der Waals surface area contributed by atoms with Gasteiger partial charge in [-0.15, -0.1) is 10.2 Å². The van der Waals surface area contributed by atoms with Gasteiger partial charge in [-0.05, 0) is 50.2 Å². The van der Waals surface area contributed by atoms with Crippen molar-refractivity contribution in [3.8, 4) is 5.75 Å². The quantitative estimate of drug-likeness (QED) is 0.491. The number of carbonyl (C=O) groups is 2. The second kappa shape index (κ2) is 10.6. The van der Waals surface area contributed by atoms with E-state index in [0.29, 0.717) is 35.5 Å². The Bertz CT molecular complexity index is 1030. The molecule has 0 bridgehead atoms. The van der Waals surface area contributed by atoms with E-state index in [-0.39, 0.29) is 17.6 Å². The highest BCUT2D eigenvalue weighted by Gasteiger charge is 2.14. The molecule has 0 unspecified atom stereocenters. The van der Waals surface area contributed by atoms with Gasteiger partial charge in [0.15, 0.2) is 11.0 Å². The van der Waals surface area contributed by atoms with Gasteiger partial charge in [-0.25, -0.2) is 0 Å². The first-order valence-electron chi connectivity index (χ1n) is 9.86. The summed E-state index contributed by atoms with van der Waals surface area (Å²) in [6.07, 6.45) is 0. The lowest BCUT2D eigenvalue weighted by Crippen LogP contribution is -2.15. The van der Waals surface area contributed by atoms with E-state index in [1.165, 1.54) is 24.2 Å². The number of aromatic nitrogens is 3. The first kappa shape index (κ1) is 22.4. The second-order valence-corrected chi connectivity index (χ2v) is 7.78. The van der Waals surface area contributed by atoms with Crippen molar-refractivity contribution >= 4 is 35.0 Å². The molecule has 162 valence electrons. The number of amides is 2. The summed E-state index contributed by atoms with van der Waals surface area (Å²) in [5, 5.41) is 14.6. The van der Waals surface area contributed by atoms with Gasteiger partial charge in [0, 0.05) is 24.8 Å². The molecule has 2 aromatic carbocycles. The molecule has 0 aliphatic carbocycles. The van der Waals surface area contributed by atoms with Crippen molar-refractivity contribution in [3.05, 3.63) is 59.9 Å². The Morgan fingerprint density at radius 2 is 1.65 bits per heavy atom. The van der Waals surface area contributed by atoms with E-state index in [0.717, 1.165) is 5.75 Å². The lowest BCUT2D eigenvalue weighted by Gasteiger charge is -2.09. The molecule has 1 heterocycles. The topological polar surface area (TPSA) is 98.1 Å². The largest absolute Gasteiger partial charge is 0.486 e. The van der Waals surface area contributed by atoms with Crippen LogP contribution in [0.4, 0.5) is 11.4 Å². The number of carbonyl (C=O) groups excluding carboxylic acids is 2. The fourth-order valence-corrected chi connectivity index (χ4v) is 3.62. The van der Waals surface area contributed by atoms with Crippen molar-refractivity contribution in [2.45, 2.75) is 39.1 Å². The molecule has 0 saturated carbocycles. The molecule has 3 aromatic rings. The minimum absolute atomic E-state index is 0.142. The predicted molar refractivity (Wildman–Crippen MR) is 121 cm³/mol. The highest BCUT2D eigenvalue weighted by molar-refractivity contribution is 7.99. The van der Waals surface area contributed by atoms with Crippen LogP contribution in [0.2, 0.25) is 0 Å². The van der Waals surface area contributed by atoms with Crippen LogP contribution in [0.15, 0.2) is 53.7 Å². The van der Waals surface area contributed by atoms with Crippen molar-refractivity contribution in [2.24, 2.45) is 0 Å². The lowest BCUT2D eigenvalue weighted by atomic mass is 10.2. The summed E-state index contributed by atoms with van der Waals surface area (Å²) in [5.41, 5.74) is 2.50. The third-order valence-electron chi connectivity index (χ3n) is 4.32. The number of ether oxygens (including phenoxy) is 1. The van der Waals surface area contributed by atoms with Crippen molar-refractivity contribution in [2.75, 3.05) is 16.4 Å². The molecule has 0 radical (unpaired) electrons. The summed E-state index contributed by atoms with van der Waals surface area (Å²) in [6, 6.07) is 14.8. The van der Waals surface area contributed by atoms with Crippen LogP contribution in [0.25, 0.3) is 0 Å². The molecule has 0 aliphatic rings. The molecule has 0 atom stereocenters. The van der Waals surface area contributed by atoms with E-state index in [1.54, 1.807) is 24.3 Å². The minimum Gasteiger partial charge on any atom is -0.486 e. The normalized spacial score (nSPS) is 10.5. The van der Waals surface area contributed by atoms with Crippen LogP contribution in [0, 0.1) is 6.92 Å². The van der Waals surface area contributed by atoms with Crippen LogP contribution in [0.3, 0.4) is 0 Å². The minimum atomic E-state index is -0.152. The SMILES string of the molecule is CCn1c(COc2ccc(C)cc2)nnc1SCC(=O)Nc1ccc(NC(C)=O)cc1. The van der Waals surface area contributed by atoms with E-state index in [9.17, 15) is 9.59 Å². The number of thioether (sulfide) groups is 1. The van der Waals surface area contributed by atoms with E-state index in [2.05, 4.69) is 20.8 Å². The van der Waals surface area contributed by atoms with Gasteiger partial charge >= 0.3 is 0 Å². The Morgan fingerprint density at radius 3 is 2.26 bits per heavy atom. The van der Waals surface area contributed by atoms with E-state index < -0.39 is 0 Å². The van der Waals surface area contributed by atoms with Gasteiger partial charge in [-0.2, -0.15) is 0 Å². The number of benzene rings is 2. The smallest absolute Gasteiger partial charge is 0.234 e. The summed E-state index contributed by atoms with van der Waals surface area (Å²) in [5.74, 6) is 1.39. The summed E-state index contributed by atoms with van der Waals surface area (Å²) in [7, 11) is 0. The van der Waals surface area contributed by atoms with Crippen molar-refractivity contribution in [1.29, 1.82) is 0 Å². The zero-order chi connectivity index (χ0) is 22.2. The average molecular weight is 440 g/mol. The fraction of sp³-hybridized carbons (Fsp3) is 0.273. The van der Waals surface area contributed by atoms with Crippen LogP contribution in [0.5, 0.6) is 5.75 Å². The Labute approximate surface area is 185 Å². The first-order valence-corrected chi connectivity index (χ1v) is 10.8. The lowest BCUT2D eigenvalue weighted by molar-refractivity contribution is -0.114. The summed E-state index contributed by atoms with van der Waals surface area (Å²) < 4.78 is 7.74. The highest BCUT2D eigenvalue weighted by Crippen LogP contribution is 2.20. The molecular weight excluding hydrogens is 414 g/mol. The molecule has 31 heavy (non-hydrogen) atoms. The molecule has 0 saturated heterocycles. The second-order valence-electron chi connectivity index (χ2n) is 6.84. The Kier molecular flexibility index (Phi) is 7.66. The van der Waals surface area contributed by atoms with Gasteiger partial charge in [0.25, 0.3) is 0 Å². The number of nitrogens with zero attached hydrogens (tertiary/aromatic N) is 3. The third kappa shape index (κ3) is 6.58. The number of hydrogen-bond acceptors (Lipinski definition) is 6. The molecule has 2 amide bonds. The molecule has 9 heteroatoms. The monoisotopic (exact) mass is 439 g/mol. The summed E-state index contributed by atoms with van der Waals surface area (Å²) >= 11 is 1.32. The van der Waals surface area contributed by atoms with Crippen molar-refractivity contribution in [3.63, 3.8) is 0 Å². The third-order valence-corrected chi connectivity index (χ3v) is 5.29. The van der Waals surface area contributed by atoms with Gasteiger partial charge in [0.2, 0.25) is 11.8 Å². The molecule has 8 nitrogen and oxygen atoms in total. The number of rotatable bonds is 9. The maximum atomic E-state index is 12.3.